The lowest BCUT2D eigenvalue weighted by atomic mass is 9.85. The van der Waals surface area contributed by atoms with Crippen molar-refractivity contribution < 1.29 is 9.53 Å². The number of hydrogen-bond donors (Lipinski definition) is 1. The zero-order valence-electron chi connectivity index (χ0n) is 16.8. The predicted octanol–water partition coefficient (Wildman–Crippen LogP) is 6.13. The maximum Gasteiger partial charge on any atom is 0.255 e. The van der Waals surface area contributed by atoms with Gasteiger partial charge in [0.15, 0.2) is 0 Å². The summed E-state index contributed by atoms with van der Waals surface area (Å²) in [5, 5.41) is 2.96. The lowest BCUT2D eigenvalue weighted by molar-refractivity contribution is 0.102. The van der Waals surface area contributed by atoms with E-state index in [1.807, 2.05) is 24.3 Å². The highest BCUT2D eigenvalue weighted by Gasteiger charge is 2.16. The number of anilines is 1. The molecule has 0 saturated carbocycles. The smallest absolute Gasteiger partial charge is 0.255 e. The van der Waals surface area contributed by atoms with Gasteiger partial charge in [0.1, 0.15) is 5.75 Å². The van der Waals surface area contributed by atoms with Gasteiger partial charge in [0, 0.05) is 17.2 Å². The summed E-state index contributed by atoms with van der Waals surface area (Å²) >= 11 is 0. The summed E-state index contributed by atoms with van der Waals surface area (Å²) < 4.78 is 5.14. The first-order valence-electron chi connectivity index (χ1n) is 9.90. The number of amides is 1. The monoisotopic (exact) mass is 393 g/mol. The zero-order valence-corrected chi connectivity index (χ0v) is 16.8. The minimum atomic E-state index is -0.145. The minimum absolute atomic E-state index is 0.138. The molecule has 0 aliphatic carbocycles. The third kappa shape index (κ3) is 4.41. The maximum atomic E-state index is 12.5. The number of methoxy groups -OCH3 is 1. The van der Waals surface area contributed by atoms with Gasteiger partial charge in [-0.2, -0.15) is 0 Å². The minimum Gasteiger partial charge on any atom is -0.497 e. The fraction of sp³-hybridized carbons (Fsp3) is 0.0741. The van der Waals surface area contributed by atoms with Gasteiger partial charge in [0.2, 0.25) is 0 Å². The van der Waals surface area contributed by atoms with Gasteiger partial charge in [-0.25, -0.2) is 0 Å². The summed E-state index contributed by atoms with van der Waals surface area (Å²) in [4.78, 5) is 12.5. The Hall–Kier alpha value is -3.85. The number of ether oxygens (including phenoxy) is 1. The van der Waals surface area contributed by atoms with Crippen LogP contribution in [0.2, 0.25) is 0 Å². The van der Waals surface area contributed by atoms with Crippen LogP contribution in [0, 0.1) is 0 Å². The predicted molar refractivity (Wildman–Crippen MR) is 121 cm³/mol. The SMILES string of the molecule is COc1ccc(C(=O)Nc2ccc(C(c3ccccc3)c3ccccc3)cc2)cc1. The van der Waals surface area contributed by atoms with Gasteiger partial charge in [-0.05, 0) is 53.1 Å². The molecule has 0 aliphatic rings. The van der Waals surface area contributed by atoms with Crippen LogP contribution >= 0.6 is 0 Å². The summed E-state index contributed by atoms with van der Waals surface area (Å²) in [6.07, 6.45) is 0. The molecule has 3 nitrogen and oxygen atoms in total. The average Bonchev–Trinajstić information content (AvgIpc) is 2.82. The van der Waals surface area contributed by atoms with E-state index in [0.717, 1.165) is 11.4 Å². The third-order valence-electron chi connectivity index (χ3n) is 5.12. The highest BCUT2D eigenvalue weighted by molar-refractivity contribution is 6.04. The van der Waals surface area contributed by atoms with Crippen LogP contribution in [0.15, 0.2) is 109 Å². The molecule has 0 aliphatic heterocycles. The Morgan fingerprint density at radius 1 is 0.667 bits per heavy atom. The number of benzene rings is 4. The van der Waals surface area contributed by atoms with Crippen LogP contribution in [-0.2, 0) is 0 Å². The zero-order chi connectivity index (χ0) is 20.8. The first kappa shape index (κ1) is 19.5. The van der Waals surface area contributed by atoms with E-state index in [1.165, 1.54) is 16.7 Å². The average molecular weight is 393 g/mol. The summed E-state index contributed by atoms with van der Waals surface area (Å²) in [5.74, 6) is 0.718. The van der Waals surface area contributed by atoms with Crippen molar-refractivity contribution in [2.45, 2.75) is 5.92 Å². The second-order valence-electron chi connectivity index (χ2n) is 7.06. The van der Waals surface area contributed by atoms with Crippen molar-refractivity contribution in [3.8, 4) is 5.75 Å². The van der Waals surface area contributed by atoms with Gasteiger partial charge in [-0.3, -0.25) is 4.79 Å². The molecular formula is C27H23NO2. The number of rotatable bonds is 6. The molecule has 0 unspecified atom stereocenters. The van der Waals surface area contributed by atoms with Crippen molar-refractivity contribution in [1.82, 2.24) is 0 Å². The van der Waals surface area contributed by atoms with Gasteiger partial charge in [-0.1, -0.05) is 72.8 Å². The van der Waals surface area contributed by atoms with E-state index >= 15 is 0 Å². The van der Waals surface area contributed by atoms with E-state index in [-0.39, 0.29) is 11.8 Å². The topological polar surface area (TPSA) is 38.3 Å². The molecule has 1 N–H and O–H groups in total. The van der Waals surface area contributed by atoms with Crippen LogP contribution < -0.4 is 10.1 Å². The molecule has 4 aromatic carbocycles. The number of nitrogens with one attached hydrogen (secondary N) is 1. The van der Waals surface area contributed by atoms with E-state index in [9.17, 15) is 4.79 Å². The third-order valence-corrected chi connectivity index (χ3v) is 5.12. The molecule has 4 aromatic rings. The van der Waals surface area contributed by atoms with Crippen molar-refractivity contribution in [3.05, 3.63) is 131 Å². The second-order valence-corrected chi connectivity index (χ2v) is 7.06. The lowest BCUT2D eigenvalue weighted by Gasteiger charge is -2.19. The summed E-state index contributed by atoms with van der Waals surface area (Å²) in [6, 6.07) is 36.0. The quantitative estimate of drug-likeness (QED) is 0.400. The van der Waals surface area contributed by atoms with Crippen molar-refractivity contribution >= 4 is 11.6 Å². The first-order chi connectivity index (χ1) is 14.7. The molecule has 0 radical (unpaired) electrons. The molecular weight excluding hydrogens is 370 g/mol. The van der Waals surface area contributed by atoms with Gasteiger partial charge in [0.05, 0.1) is 7.11 Å². The van der Waals surface area contributed by atoms with Crippen molar-refractivity contribution in [2.75, 3.05) is 12.4 Å². The molecule has 0 fully saturated rings. The van der Waals surface area contributed by atoms with Gasteiger partial charge >= 0.3 is 0 Å². The van der Waals surface area contributed by atoms with E-state index in [1.54, 1.807) is 31.4 Å². The molecule has 1 amide bonds. The Balaban J connectivity index is 1.57. The summed E-state index contributed by atoms with van der Waals surface area (Å²) in [6.45, 7) is 0. The van der Waals surface area contributed by atoms with Crippen molar-refractivity contribution in [2.24, 2.45) is 0 Å². The van der Waals surface area contributed by atoms with Crippen LogP contribution in [0.4, 0.5) is 5.69 Å². The Morgan fingerprint density at radius 2 is 1.17 bits per heavy atom. The molecule has 4 rings (SSSR count). The lowest BCUT2D eigenvalue weighted by Crippen LogP contribution is -2.12. The van der Waals surface area contributed by atoms with Crippen LogP contribution in [0.3, 0.4) is 0 Å². The van der Waals surface area contributed by atoms with Crippen LogP contribution in [0.5, 0.6) is 5.75 Å². The number of hydrogen-bond acceptors (Lipinski definition) is 2. The Kier molecular flexibility index (Phi) is 5.90. The molecule has 0 atom stereocenters. The Labute approximate surface area is 177 Å². The largest absolute Gasteiger partial charge is 0.497 e. The van der Waals surface area contributed by atoms with Crippen LogP contribution in [0.25, 0.3) is 0 Å². The normalized spacial score (nSPS) is 10.6. The highest BCUT2D eigenvalue weighted by atomic mass is 16.5. The number of carbonyl (C=O) groups excluding carboxylic acids is 1. The first-order valence-corrected chi connectivity index (χ1v) is 9.90. The van der Waals surface area contributed by atoms with Crippen molar-refractivity contribution in [1.29, 1.82) is 0 Å². The van der Waals surface area contributed by atoms with Crippen LogP contribution in [0.1, 0.15) is 33.0 Å². The van der Waals surface area contributed by atoms with E-state index in [0.29, 0.717) is 5.56 Å². The van der Waals surface area contributed by atoms with E-state index in [2.05, 4.69) is 66.0 Å². The fourth-order valence-electron chi connectivity index (χ4n) is 3.57. The molecule has 0 saturated heterocycles. The molecule has 148 valence electrons. The van der Waals surface area contributed by atoms with E-state index in [4.69, 9.17) is 4.74 Å². The van der Waals surface area contributed by atoms with Crippen molar-refractivity contribution in [3.63, 3.8) is 0 Å². The molecule has 0 spiro atoms. The maximum absolute atomic E-state index is 12.5. The summed E-state index contributed by atoms with van der Waals surface area (Å²) in [7, 11) is 1.61. The molecule has 3 heteroatoms. The fourth-order valence-corrected chi connectivity index (χ4v) is 3.57. The molecule has 30 heavy (non-hydrogen) atoms. The van der Waals surface area contributed by atoms with Crippen LogP contribution in [-0.4, -0.2) is 13.0 Å². The van der Waals surface area contributed by atoms with Gasteiger partial charge in [-0.15, -0.1) is 0 Å². The number of carbonyl (C=O) groups is 1. The molecule has 0 bridgehead atoms. The molecule has 0 aromatic heterocycles. The van der Waals surface area contributed by atoms with E-state index < -0.39 is 0 Å². The van der Waals surface area contributed by atoms with Gasteiger partial charge < -0.3 is 10.1 Å². The second kappa shape index (κ2) is 9.10. The molecule has 0 heterocycles. The standard InChI is InChI=1S/C27H23NO2/c1-30-25-18-14-23(15-19-25)27(29)28-24-16-12-22(13-17-24)26(20-8-4-2-5-9-20)21-10-6-3-7-11-21/h2-19,26H,1H3,(H,28,29). The Morgan fingerprint density at radius 3 is 1.67 bits per heavy atom. The van der Waals surface area contributed by atoms with Gasteiger partial charge in [0.25, 0.3) is 5.91 Å². The Bertz CT molecular complexity index is 1050. The summed E-state index contributed by atoms with van der Waals surface area (Å²) in [5.41, 5.74) is 5.00. The highest BCUT2D eigenvalue weighted by Crippen LogP contribution is 2.32.